The van der Waals surface area contributed by atoms with E-state index in [1.807, 2.05) is 46.7 Å². The molecule has 4 rings (SSSR count). The highest BCUT2D eigenvalue weighted by atomic mass is 32.1. The van der Waals surface area contributed by atoms with Crippen molar-refractivity contribution >= 4 is 23.2 Å². The zero-order chi connectivity index (χ0) is 25.5. The van der Waals surface area contributed by atoms with Crippen molar-refractivity contribution in [2.45, 2.75) is 39.2 Å². The monoisotopic (exact) mass is 508 g/mol. The fourth-order valence-electron chi connectivity index (χ4n) is 4.45. The summed E-state index contributed by atoms with van der Waals surface area (Å²) in [6, 6.07) is 17.4. The third-order valence-electron chi connectivity index (χ3n) is 6.47. The number of carbonyl (C=O) groups excluding carboxylic acids is 2. The Morgan fingerprint density at radius 1 is 1.14 bits per heavy atom. The SMILES string of the molecule is CC(C)CCN(CC(=O)N1CCc2sccc2C1COc1cccc(F)c1)C(=O)Cc1ccccc1. The molecule has 7 heteroatoms. The number of thiophene rings is 1. The lowest BCUT2D eigenvalue weighted by molar-refractivity contribution is -0.142. The van der Waals surface area contributed by atoms with Gasteiger partial charge in [0.15, 0.2) is 0 Å². The van der Waals surface area contributed by atoms with E-state index in [4.69, 9.17) is 4.74 Å². The number of amides is 2. The molecule has 1 aromatic heterocycles. The second-order valence-corrected chi connectivity index (χ2v) is 10.6. The minimum Gasteiger partial charge on any atom is -0.491 e. The van der Waals surface area contributed by atoms with E-state index in [9.17, 15) is 14.0 Å². The van der Waals surface area contributed by atoms with E-state index < -0.39 is 0 Å². The fourth-order valence-corrected chi connectivity index (χ4v) is 5.38. The van der Waals surface area contributed by atoms with Gasteiger partial charge in [0.25, 0.3) is 0 Å². The van der Waals surface area contributed by atoms with Crippen molar-refractivity contribution in [3.63, 3.8) is 0 Å². The summed E-state index contributed by atoms with van der Waals surface area (Å²) >= 11 is 1.68. The number of halogens is 1. The van der Waals surface area contributed by atoms with E-state index >= 15 is 0 Å². The first-order valence-corrected chi connectivity index (χ1v) is 13.3. The molecule has 0 fully saturated rings. The topological polar surface area (TPSA) is 49.9 Å². The van der Waals surface area contributed by atoms with Crippen LogP contribution in [0.1, 0.15) is 42.3 Å². The van der Waals surface area contributed by atoms with Gasteiger partial charge >= 0.3 is 0 Å². The standard InChI is InChI=1S/C29H33FN2O3S/c1-21(2)11-14-31(28(33)17-22-7-4-3-5-8-22)19-29(34)32-15-12-27-25(13-16-36-27)26(32)20-35-24-10-6-9-23(30)18-24/h3-10,13,16,18,21,26H,11-12,14-15,17,19-20H2,1-2H3. The van der Waals surface area contributed by atoms with Crippen LogP contribution in [-0.4, -0.2) is 47.9 Å². The molecule has 1 aliphatic rings. The van der Waals surface area contributed by atoms with E-state index in [0.717, 1.165) is 24.0 Å². The molecule has 0 saturated carbocycles. The molecule has 2 aromatic carbocycles. The summed E-state index contributed by atoms with van der Waals surface area (Å²) in [5, 5.41) is 2.03. The summed E-state index contributed by atoms with van der Waals surface area (Å²) in [5.74, 6) is 0.350. The maximum Gasteiger partial charge on any atom is 0.242 e. The summed E-state index contributed by atoms with van der Waals surface area (Å²) in [6.45, 7) is 5.59. The van der Waals surface area contributed by atoms with Crippen LogP contribution >= 0.6 is 11.3 Å². The second-order valence-electron chi connectivity index (χ2n) is 9.58. The Bertz CT molecular complexity index is 1160. The predicted molar refractivity (Wildman–Crippen MR) is 141 cm³/mol. The first kappa shape index (κ1) is 25.9. The van der Waals surface area contributed by atoms with Crippen molar-refractivity contribution in [3.05, 3.63) is 87.9 Å². The largest absolute Gasteiger partial charge is 0.491 e. The van der Waals surface area contributed by atoms with E-state index in [2.05, 4.69) is 13.8 Å². The Balaban J connectivity index is 1.49. The minimum absolute atomic E-state index is 0.0360. The van der Waals surface area contributed by atoms with Gasteiger partial charge in [0, 0.05) is 24.0 Å². The molecule has 190 valence electrons. The lowest BCUT2D eigenvalue weighted by Crippen LogP contribution is -2.48. The van der Waals surface area contributed by atoms with Gasteiger partial charge in [-0.2, -0.15) is 0 Å². The lowest BCUT2D eigenvalue weighted by atomic mass is 10.00. The minimum atomic E-state index is -0.363. The molecule has 0 aliphatic carbocycles. The maximum atomic E-state index is 13.7. The van der Waals surface area contributed by atoms with E-state index in [0.29, 0.717) is 24.8 Å². The van der Waals surface area contributed by atoms with Crippen molar-refractivity contribution in [1.29, 1.82) is 0 Å². The Morgan fingerprint density at radius 2 is 1.94 bits per heavy atom. The average Bonchev–Trinajstić information content (AvgIpc) is 3.34. The molecule has 2 amide bonds. The van der Waals surface area contributed by atoms with Crippen LogP contribution in [0, 0.1) is 11.7 Å². The first-order chi connectivity index (χ1) is 17.4. The van der Waals surface area contributed by atoms with Crippen molar-refractivity contribution in [2.24, 2.45) is 5.92 Å². The molecule has 0 spiro atoms. The molecule has 0 radical (unpaired) electrons. The van der Waals surface area contributed by atoms with Gasteiger partial charge in [0.05, 0.1) is 19.0 Å². The molecule has 3 aromatic rings. The number of fused-ring (bicyclic) bond motifs is 1. The lowest BCUT2D eigenvalue weighted by Gasteiger charge is -2.37. The summed E-state index contributed by atoms with van der Waals surface area (Å²) in [6.07, 6.45) is 1.88. The number of nitrogens with zero attached hydrogens (tertiary/aromatic N) is 2. The van der Waals surface area contributed by atoms with Crippen molar-refractivity contribution < 1.29 is 18.7 Å². The van der Waals surface area contributed by atoms with Gasteiger partial charge in [-0.3, -0.25) is 9.59 Å². The zero-order valence-corrected chi connectivity index (χ0v) is 21.7. The van der Waals surface area contributed by atoms with Gasteiger partial charge in [-0.05, 0) is 53.5 Å². The van der Waals surface area contributed by atoms with Crippen LogP contribution in [0.15, 0.2) is 66.0 Å². The van der Waals surface area contributed by atoms with Crippen molar-refractivity contribution in [1.82, 2.24) is 9.80 Å². The third-order valence-corrected chi connectivity index (χ3v) is 7.47. The highest BCUT2D eigenvalue weighted by molar-refractivity contribution is 7.10. The van der Waals surface area contributed by atoms with Gasteiger partial charge in [-0.15, -0.1) is 11.3 Å². The first-order valence-electron chi connectivity index (χ1n) is 12.5. The molecular formula is C29H33FN2O3S. The summed E-state index contributed by atoms with van der Waals surface area (Å²) in [4.78, 5) is 31.6. The van der Waals surface area contributed by atoms with Crippen LogP contribution in [-0.2, 0) is 22.4 Å². The maximum absolute atomic E-state index is 13.7. The number of rotatable bonds is 10. The summed E-state index contributed by atoms with van der Waals surface area (Å²) < 4.78 is 19.6. The Kier molecular flexibility index (Phi) is 8.75. The molecule has 0 bridgehead atoms. The van der Waals surface area contributed by atoms with Crippen molar-refractivity contribution in [2.75, 3.05) is 26.2 Å². The Labute approximate surface area is 216 Å². The zero-order valence-electron chi connectivity index (χ0n) is 20.9. The van der Waals surface area contributed by atoms with Crippen LogP contribution < -0.4 is 4.74 Å². The van der Waals surface area contributed by atoms with E-state index in [-0.39, 0.29) is 43.2 Å². The number of benzene rings is 2. The van der Waals surface area contributed by atoms with Gasteiger partial charge in [0.1, 0.15) is 18.2 Å². The van der Waals surface area contributed by atoms with Crippen LogP contribution in [0.4, 0.5) is 4.39 Å². The van der Waals surface area contributed by atoms with Crippen LogP contribution in [0.3, 0.4) is 0 Å². The smallest absolute Gasteiger partial charge is 0.242 e. The number of carbonyl (C=O) groups is 2. The van der Waals surface area contributed by atoms with Gasteiger partial charge < -0.3 is 14.5 Å². The van der Waals surface area contributed by atoms with Crippen LogP contribution in [0.25, 0.3) is 0 Å². The number of hydrogen-bond acceptors (Lipinski definition) is 4. The third kappa shape index (κ3) is 6.72. The molecule has 1 atom stereocenters. The van der Waals surface area contributed by atoms with Crippen LogP contribution in [0.2, 0.25) is 0 Å². The number of ether oxygens (including phenoxy) is 1. The average molecular weight is 509 g/mol. The molecule has 2 heterocycles. The van der Waals surface area contributed by atoms with Gasteiger partial charge in [-0.1, -0.05) is 50.2 Å². The molecule has 0 N–H and O–H groups in total. The Morgan fingerprint density at radius 3 is 2.69 bits per heavy atom. The van der Waals surface area contributed by atoms with E-state index in [1.54, 1.807) is 28.4 Å². The highest BCUT2D eigenvalue weighted by Gasteiger charge is 2.33. The number of hydrogen-bond donors (Lipinski definition) is 0. The van der Waals surface area contributed by atoms with E-state index in [1.165, 1.54) is 17.0 Å². The molecule has 5 nitrogen and oxygen atoms in total. The molecule has 36 heavy (non-hydrogen) atoms. The van der Waals surface area contributed by atoms with Crippen molar-refractivity contribution in [3.8, 4) is 5.75 Å². The second kappa shape index (κ2) is 12.2. The van der Waals surface area contributed by atoms with Gasteiger partial charge in [-0.25, -0.2) is 4.39 Å². The molecular weight excluding hydrogens is 475 g/mol. The normalized spacial score (nSPS) is 15.0. The summed E-state index contributed by atoms with van der Waals surface area (Å²) in [7, 11) is 0. The summed E-state index contributed by atoms with van der Waals surface area (Å²) in [5.41, 5.74) is 2.01. The molecule has 0 saturated heterocycles. The Hall–Kier alpha value is -3.19. The molecule has 1 aliphatic heterocycles. The fraction of sp³-hybridized carbons (Fsp3) is 0.379. The molecule has 1 unspecified atom stereocenters. The van der Waals surface area contributed by atoms with Crippen LogP contribution in [0.5, 0.6) is 5.75 Å². The van der Waals surface area contributed by atoms with Gasteiger partial charge in [0.2, 0.25) is 11.8 Å². The predicted octanol–water partition coefficient (Wildman–Crippen LogP) is 5.51. The highest BCUT2D eigenvalue weighted by Crippen LogP contribution is 2.34. The quantitative estimate of drug-likeness (QED) is 0.363.